The molecule has 0 N–H and O–H groups in total. The van der Waals surface area contributed by atoms with Crippen LogP contribution in [0.2, 0.25) is 19.6 Å². The van der Waals surface area contributed by atoms with Gasteiger partial charge in [0.05, 0.1) is 30.5 Å². The van der Waals surface area contributed by atoms with Crippen LogP contribution in [0.15, 0.2) is 140 Å². The second-order valence-corrected chi connectivity index (χ2v) is 29.0. The third-order valence-corrected chi connectivity index (χ3v) is 15.7. The van der Waals surface area contributed by atoms with Gasteiger partial charge in [0.25, 0.3) is 0 Å². The van der Waals surface area contributed by atoms with Gasteiger partial charge in [-0.05, 0) is 122 Å². The Kier molecular flexibility index (Phi) is 11.2. The van der Waals surface area contributed by atoms with Crippen LogP contribution in [0, 0.1) is 0 Å². The molecular formula is C61H70N4OSi. The number of pyridine rings is 1. The number of nitrogens with zero attached hydrogens (tertiary/aromatic N) is 4. The van der Waals surface area contributed by atoms with Crippen LogP contribution in [0.5, 0.6) is 11.5 Å². The molecule has 0 saturated heterocycles. The third kappa shape index (κ3) is 8.81. The molecule has 0 aliphatic carbocycles. The fraction of sp³-hybridized carbons (Fsp3) is 0.328. The maximum absolute atomic E-state index is 6.95. The summed E-state index contributed by atoms with van der Waals surface area (Å²) in [7, 11) is -1.68. The van der Waals surface area contributed by atoms with Crippen LogP contribution in [0.1, 0.15) is 105 Å². The Morgan fingerprint density at radius 3 is 1.76 bits per heavy atom. The van der Waals surface area contributed by atoms with Crippen molar-refractivity contribution in [2.75, 3.05) is 16.5 Å². The summed E-state index contributed by atoms with van der Waals surface area (Å²) < 4.78 is 9.28. The maximum Gasteiger partial charge on any atom is 0.137 e. The molecule has 0 radical (unpaired) electrons. The quantitative estimate of drug-likeness (QED) is 0.149. The minimum atomic E-state index is -1.68. The highest BCUT2D eigenvalue weighted by atomic mass is 28.3. The molecule has 2 aromatic heterocycles. The first-order valence-corrected chi connectivity index (χ1v) is 27.6. The fourth-order valence-electron chi connectivity index (χ4n) is 9.61. The Bertz CT molecular complexity index is 3140. The predicted molar refractivity (Wildman–Crippen MR) is 290 cm³/mol. The van der Waals surface area contributed by atoms with Crippen molar-refractivity contribution >= 4 is 57.8 Å². The number of aromatic nitrogens is 2. The summed E-state index contributed by atoms with van der Waals surface area (Å²) in [5, 5.41) is 3.87. The van der Waals surface area contributed by atoms with E-state index < -0.39 is 8.07 Å². The van der Waals surface area contributed by atoms with E-state index in [0.717, 1.165) is 34.0 Å². The summed E-state index contributed by atoms with van der Waals surface area (Å²) in [6.07, 6.45) is 1.96. The van der Waals surface area contributed by atoms with E-state index in [1.807, 2.05) is 6.20 Å². The van der Waals surface area contributed by atoms with E-state index in [-0.39, 0.29) is 21.7 Å². The van der Waals surface area contributed by atoms with Gasteiger partial charge in [-0.15, -0.1) is 0 Å². The number of rotatable bonds is 7. The zero-order chi connectivity index (χ0) is 48.0. The highest BCUT2D eigenvalue weighted by molar-refractivity contribution is 6.89. The number of benzene rings is 6. The Morgan fingerprint density at radius 1 is 0.478 bits per heavy atom. The first-order valence-electron chi connectivity index (χ1n) is 24.1. The summed E-state index contributed by atoms with van der Waals surface area (Å²) in [5.74, 6) is 2.46. The van der Waals surface area contributed by atoms with Crippen LogP contribution in [-0.2, 0) is 21.7 Å². The molecule has 0 amide bonds. The fourth-order valence-corrected chi connectivity index (χ4v) is 11.2. The molecule has 9 rings (SSSR count). The van der Waals surface area contributed by atoms with Gasteiger partial charge in [-0.3, -0.25) is 4.57 Å². The Morgan fingerprint density at radius 2 is 1.09 bits per heavy atom. The lowest BCUT2D eigenvalue weighted by molar-refractivity contribution is 0.483. The molecule has 67 heavy (non-hydrogen) atoms. The van der Waals surface area contributed by atoms with Gasteiger partial charge in [-0.25, -0.2) is 4.98 Å². The standard InChI is InChI=1S/C61H70N4OSi/c1-58(2,3)40-26-29-51-54(35-40)63(39-64(51)45-33-42(60(7,8)9)32-43(34-45)61(10,11)12)44-20-18-21-46(37-44)66-47-27-28-50-53(38-47)65(56-36-41(30-31-62-56)59(4,5)6)52-24-19-23-49(57(50)52)48-22-16-17-25-55(48)67(13,14)15/h16-38H,39H2,1-15H3. The second-order valence-electron chi connectivity index (χ2n) is 24.0. The van der Waals surface area contributed by atoms with Gasteiger partial charge in [0.2, 0.25) is 0 Å². The highest BCUT2D eigenvalue weighted by Crippen LogP contribution is 2.48. The van der Waals surface area contributed by atoms with Crippen LogP contribution in [-0.4, -0.2) is 24.3 Å². The van der Waals surface area contributed by atoms with E-state index in [0.29, 0.717) is 6.67 Å². The zero-order valence-corrected chi connectivity index (χ0v) is 43.7. The molecule has 3 heterocycles. The zero-order valence-electron chi connectivity index (χ0n) is 42.7. The van der Waals surface area contributed by atoms with Crippen LogP contribution in [0.3, 0.4) is 0 Å². The molecule has 0 unspecified atom stereocenters. The first kappa shape index (κ1) is 46.0. The van der Waals surface area contributed by atoms with Crippen molar-refractivity contribution < 1.29 is 4.74 Å². The van der Waals surface area contributed by atoms with Gasteiger partial charge in [-0.1, -0.05) is 163 Å². The molecule has 1 aliphatic heterocycles. The van der Waals surface area contributed by atoms with Gasteiger partial charge in [-0.2, -0.15) is 0 Å². The maximum atomic E-state index is 6.95. The lowest BCUT2D eigenvalue weighted by atomic mass is 9.80. The second kappa shape index (κ2) is 16.3. The average Bonchev–Trinajstić information content (AvgIpc) is 3.81. The minimum absolute atomic E-state index is 0.00569. The Hall–Kier alpha value is -6.11. The van der Waals surface area contributed by atoms with Crippen LogP contribution in [0.25, 0.3) is 38.8 Å². The minimum Gasteiger partial charge on any atom is -0.457 e. The normalized spacial score (nSPS) is 13.8. The van der Waals surface area contributed by atoms with E-state index in [1.54, 1.807) is 0 Å². The van der Waals surface area contributed by atoms with Crippen LogP contribution < -0.4 is 19.7 Å². The van der Waals surface area contributed by atoms with Gasteiger partial charge in [0.1, 0.15) is 24.0 Å². The molecule has 0 bridgehead atoms. The van der Waals surface area contributed by atoms with Crippen molar-refractivity contribution in [2.45, 2.75) is 124 Å². The molecule has 1 aliphatic rings. The van der Waals surface area contributed by atoms with Crippen LogP contribution >= 0.6 is 0 Å². The lowest BCUT2D eigenvalue weighted by Gasteiger charge is -2.29. The van der Waals surface area contributed by atoms with Crippen molar-refractivity contribution in [2.24, 2.45) is 0 Å². The molecule has 0 fully saturated rings. The molecule has 0 saturated carbocycles. The van der Waals surface area contributed by atoms with Gasteiger partial charge in [0.15, 0.2) is 0 Å². The SMILES string of the molecule is CC(C)(C)c1cc(N2CN(c3cccc(Oc4ccc5c6c(-c7ccccc7[Si](C)(C)C)cccc6n(-c6cc(C(C)(C)C)ccn6)c5c4)c3)c3cc(C(C)(C)C)ccc32)cc(C(C)(C)C)c1. The van der Waals surface area contributed by atoms with Gasteiger partial charge >= 0.3 is 0 Å². The summed E-state index contributed by atoms with van der Waals surface area (Å²) in [6, 6.07) is 49.6. The average molecular weight is 903 g/mol. The van der Waals surface area contributed by atoms with Crippen molar-refractivity contribution in [3.63, 3.8) is 0 Å². The number of anilines is 4. The van der Waals surface area contributed by atoms with Crippen molar-refractivity contribution in [1.29, 1.82) is 0 Å². The molecule has 6 aromatic carbocycles. The third-order valence-electron chi connectivity index (χ3n) is 13.7. The number of fused-ring (bicyclic) bond motifs is 4. The van der Waals surface area contributed by atoms with Crippen molar-refractivity contribution in [3.8, 4) is 28.4 Å². The molecule has 8 aromatic rings. The molecular weight excluding hydrogens is 833 g/mol. The Labute approximate surface area is 401 Å². The van der Waals surface area contributed by atoms with Gasteiger partial charge < -0.3 is 14.5 Å². The summed E-state index contributed by atoms with van der Waals surface area (Å²) in [6.45, 7) is 35.5. The summed E-state index contributed by atoms with van der Waals surface area (Å²) >= 11 is 0. The predicted octanol–water partition coefficient (Wildman–Crippen LogP) is 16.6. The van der Waals surface area contributed by atoms with Crippen LogP contribution in [0.4, 0.5) is 22.7 Å². The first-order chi connectivity index (χ1) is 31.4. The summed E-state index contributed by atoms with van der Waals surface area (Å²) in [5.41, 5.74) is 14.7. The van der Waals surface area contributed by atoms with E-state index in [9.17, 15) is 0 Å². The largest absolute Gasteiger partial charge is 0.457 e. The van der Waals surface area contributed by atoms with E-state index in [1.165, 1.54) is 66.4 Å². The molecule has 344 valence electrons. The monoisotopic (exact) mass is 903 g/mol. The van der Waals surface area contributed by atoms with E-state index >= 15 is 0 Å². The topological polar surface area (TPSA) is 33.5 Å². The van der Waals surface area contributed by atoms with Crippen molar-refractivity contribution in [1.82, 2.24) is 9.55 Å². The molecule has 6 heteroatoms. The van der Waals surface area contributed by atoms with E-state index in [4.69, 9.17) is 9.72 Å². The van der Waals surface area contributed by atoms with Gasteiger partial charge in [0, 0.05) is 40.5 Å². The molecule has 0 atom stereocenters. The number of ether oxygens (including phenoxy) is 1. The summed E-state index contributed by atoms with van der Waals surface area (Å²) in [4.78, 5) is 9.99. The highest BCUT2D eigenvalue weighted by Gasteiger charge is 2.32. The van der Waals surface area contributed by atoms with Crippen molar-refractivity contribution in [3.05, 3.63) is 162 Å². The van der Waals surface area contributed by atoms with E-state index in [2.05, 4.69) is 251 Å². The lowest BCUT2D eigenvalue weighted by Crippen LogP contribution is -2.38. The number of hydrogen-bond acceptors (Lipinski definition) is 4. The smallest absolute Gasteiger partial charge is 0.137 e. The molecule has 5 nitrogen and oxygen atoms in total. The Balaban J connectivity index is 1.16. The molecule has 0 spiro atoms. The number of hydrogen-bond donors (Lipinski definition) is 0.